The summed E-state index contributed by atoms with van der Waals surface area (Å²) in [5.74, 6) is 0. The number of hydrogen-bond acceptors (Lipinski definition) is 7. The molecule has 0 amide bonds. The van der Waals surface area contributed by atoms with Crippen molar-refractivity contribution >= 4 is 58.3 Å². The summed E-state index contributed by atoms with van der Waals surface area (Å²) in [5.41, 5.74) is 0. The minimum Gasteiger partial charge on any atom is -0.753 e. The number of halogens is 6. The molecule has 1 atom stereocenters. The van der Waals surface area contributed by atoms with Crippen molar-refractivity contribution in [2.24, 2.45) is 0 Å². The van der Waals surface area contributed by atoms with E-state index in [9.17, 15) is 25.2 Å². The summed E-state index contributed by atoms with van der Waals surface area (Å²) >= 11 is 0. The smallest absolute Gasteiger partial charge is 0.507 e. The Labute approximate surface area is 275 Å². The average Bonchev–Trinajstić information content (AvgIpc) is 2.80. The molecule has 0 aromatic heterocycles. The van der Waals surface area contributed by atoms with Crippen LogP contribution < -0.4 is 4.89 Å². The molecule has 0 saturated heterocycles. The van der Waals surface area contributed by atoms with Gasteiger partial charge in [-0.25, -0.2) is 22.8 Å². The van der Waals surface area contributed by atoms with Gasteiger partial charge in [0.15, 0.2) is 14.7 Å². The van der Waals surface area contributed by atoms with E-state index in [-0.39, 0.29) is 10.9 Å². The second kappa shape index (κ2) is 25.4. The summed E-state index contributed by atoms with van der Waals surface area (Å²) in [6, 6.07) is 32.2. The van der Waals surface area contributed by atoms with Crippen molar-refractivity contribution in [3.63, 3.8) is 0 Å². The highest BCUT2D eigenvalue weighted by Gasteiger charge is 2.27. The van der Waals surface area contributed by atoms with Crippen molar-refractivity contribution in [3.05, 3.63) is 91.0 Å². The lowest BCUT2D eigenvalue weighted by atomic mass is 10.4. The van der Waals surface area contributed by atoms with E-state index in [2.05, 4.69) is 91.0 Å². The third-order valence-corrected chi connectivity index (χ3v) is 5.17. The molecule has 0 radical (unpaired) electrons. The van der Waals surface area contributed by atoms with Crippen LogP contribution in [0.15, 0.2) is 106 Å². The Morgan fingerprint density at radius 1 is 0.367 bits per heavy atom. The first-order valence-electron chi connectivity index (χ1n) is 10.8. The molecule has 1 unspecified atom stereocenters. The molecule has 0 fully saturated rings. The topological polar surface area (TPSA) is 348 Å². The maximum Gasteiger partial charge on any atom is 0.507 e. The lowest BCUT2D eigenvalue weighted by Gasteiger charge is -2.07. The molecule has 3 rings (SSSR count). The van der Waals surface area contributed by atoms with Gasteiger partial charge in [0.2, 0.25) is 0 Å². The summed E-state index contributed by atoms with van der Waals surface area (Å²) < 4.78 is 114. The fourth-order valence-electron chi connectivity index (χ4n) is 2.08. The van der Waals surface area contributed by atoms with Gasteiger partial charge in [-0.1, -0.05) is 54.6 Å². The molecule has 3 aromatic rings. The van der Waals surface area contributed by atoms with Crippen molar-refractivity contribution in [1.82, 2.24) is 0 Å². The van der Waals surface area contributed by atoms with Crippen LogP contribution in [0.1, 0.15) is 0 Å². The molecule has 18 nitrogen and oxygen atoms in total. The zero-order valence-electron chi connectivity index (χ0n) is 23.3. The van der Waals surface area contributed by atoms with E-state index in [0.29, 0.717) is 0 Å². The van der Waals surface area contributed by atoms with Crippen LogP contribution in [-0.4, -0.2) is 53.8 Å². The number of rotatable bonds is 3. The van der Waals surface area contributed by atoms with Crippen LogP contribution in [0.4, 0.5) is 25.2 Å². The predicted molar refractivity (Wildman–Crippen MR) is 158 cm³/mol. The van der Waals surface area contributed by atoms with Gasteiger partial charge in [-0.15, -0.1) is 21.0 Å². The second-order valence-electron chi connectivity index (χ2n) is 7.06. The zero-order chi connectivity index (χ0) is 39.9. The predicted octanol–water partition coefficient (Wildman–Crippen LogP) is 4.44. The third kappa shape index (κ3) is 77.4. The van der Waals surface area contributed by atoms with Gasteiger partial charge in [0.05, 0.1) is 10.9 Å². The van der Waals surface area contributed by atoms with Gasteiger partial charge in [-0.3, -0.25) is 53.5 Å². The summed E-state index contributed by atoms with van der Waals surface area (Å²) in [6.07, 6.45) is 0. The zero-order valence-corrected chi connectivity index (χ0v) is 29.5. The van der Waals surface area contributed by atoms with E-state index in [1.54, 1.807) is 0 Å². The van der Waals surface area contributed by atoms with Gasteiger partial charge in [0.1, 0.15) is 0 Å². The van der Waals surface area contributed by atoms with E-state index in [4.69, 9.17) is 86.1 Å². The van der Waals surface area contributed by atoms with Crippen molar-refractivity contribution in [1.29, 1.82) is 0 Å². The molecule has 0 aliphatic carbocycles. The molecular formula is C18H26F6O18P6S. The normalized spacial score (nSPS) is 12.3. The quantitative estimate of drug-likeness (QED) is 0.0984. The third-order valence-electron chi connectivity index (χ3n) is 2.94. The molecule has 0 aliphatic rings. The maximum atomic E-state index is 10.4. The largest absolute Gasteiger partial charge is 0.753 e. The van der Waals surface area contributed by atoms with Crippen molar-refractivity contribution in [2.75, 3.05) is 0 Å². The molecule has 49 heavy (non-hydrogen) atoms. The molecule has 11 N–H and O–H groups in total. The van der Waals surface area contributed by atoms with Gasteiger partial charge in [0, 0.05) is 0 Å². The molecule has 0 saturated carbocycles. The van der Waals surface area contributed by atoms with Crippen LogP contribution in [0.25, 0.3) is 0 Å². The van der Waals surface area contributed by atoms with Crippen molar-refractivity contribution in [3.8, 4) is 0 Å². The van der Waals surface area contributed by atoms with Gasteiger partial charge in [-0.2, -0.15) is 4.20 Å². The van der Waals surface area contributed by atoms with Crippen LogP contribution in [0.3, 0.4) is 0 Å². The first kappa shape index (κ1) is 54.3. The van der Waals surface area contributed by atoms with E-state index < -0.39 is 47.4 Å². The van der Waals surface area contributed by atoms with Gasteiger partial charge in [-0.05, 0) is 36.4 Å². The first-order chi connectivity index (χ1) is 21.4. The Bertz CT molecular complexity index is 1280. The molecule has 3 aromatic carbocycles. The number of hydrogen-bond donors (Lipinski definition) is 11. The Morgan fingerprint density at radius 2 is 0.469 bits per heavy atom. The SMILES string of the molecule is O=P(O)(O)F.O=P(O)(O)F.O=P(O)(O)F.O=P(O)(O)F.O=P(O)(O)F.O=P([O-])(O)F.c1ccc([S+](c2ccccc2)c2ccccc2)cc1. The number of benzene rings is 3. The Hall–Kier alpha value is -1.51. The highest BCUT2D eigenvalue weighted by atomic mass is 32.2. The van der Waals surface area contributed by atoms with Gasteiger partial charge < -0.3 is 9.79 Å². The van der Waals surface area contributed by atoms with E-state index >= 15 is 0 Å². The van der Waals surface area contributed by atoms with E-state index in [1.165, 1.54) is 14.7 Å². The van der Waals surface area contributed by atoms with E-state index in [0.717, 1.165) is 0 Å². The minimum atomic E-state index is -5.39. The summed E-state index contributed by atoms with van der Waals surface area (Å²) in [5, 5.41) is 0. The highest BCUT2D eigenvalue weighted by molar-refractivity contribution is 7.97. The molecule has 0 bridgehead atoms. The fourth-order valence-corrected chi connectivity index (χ4v) is 4.18. The van der Waals surface area contributed by atoms with Crippen molar-refractivity contribution in [2.45, 2.75) is 14.7 Å². The monoisotopic (exact) mass is 862 g/mol. The van der Waals surface area contributed by atoms with Crippen LogP contribution in [0, 0.1) is 0 Å². The Balaban J connectivity index is -0.000000280. The molecule has 0 heterocycles. The second-order valence-corrected chi connectivity index (χ2v) is 14.7. The van der Waals surface area contributed by atoms with Crippen LogP contribution in [0.2, 0.25) is 0 Å². The lowest BCUT2D eigenvalue weighted by molar-refractivity contribution is -0.206. The summed E-state index contributed by atoms with van der Waals surface area (Å²) in [6.45, 7) is 0. The van der Waals surface area contributed by atoms with Crippen molar-refractivity contribution < 1.29 is 111 Å². The standard InChI is InChI=1S/C18H15S.6FH2O3P/c1-4-10-16(11-5-1)19(17-12-6-2-7-13-17)18-14-8-3-9-15-18;6*1-5(2,3)4/h1-15H;6*(H2,2,3,4)/q+1;;;;;;/p-1. The van der Waals surface area contributed by atoms with E-state index in [1.807, 2.05) is 0 Å². The fraction of sp³-hybridized carbons (Fsp3) is 0. The van der Waals surface area contributed by atoms with Gasteiger partial charge >= 0.3 is 47.4 Å². The first-order valence-corrected chi connectivity index (χ1v) is 21.0. The molecular weight excluding hydrogens is 836 g/mol. The van der Waals surface area contributed by atoms with Crippen LogP contribution in [0.5, 0.6) is 0 Å². The Morgan fingerprint density at radius 3 is 0.571 bits per heavy atom. The highest BCUT2D eigenvalue weighted by Crippen LogP contribution is 2.37. The minimum absolute atomic E-state index is 0.0146. The van der Waals surface area contributed by atoms with Crippen LogP contribution >= 0.6 is 47.4 Å². The maximum absolute atomic E-state index is 10.4. The average molecular weight is 862 g/mol. The molecule has 0 spiro atoms. The lowest BCUT2D eigenvalue weighted by Crippen LogP contribution is -2.04. The molecule has 284 valence electrons. The van der Waals surface area contributed by atoms with Crippen LogP contribution in [-0.2, 0) is 38.3 Å². The molecule has 0 aliphatic heterocycles. The summed E-state index contributed by atoms with van der Waals surface area (Å²) in [4.78, 5) is 89.1. The Kier molecular flexibility index (Phi) is 28.2. The molecule has 31 heteroatoms. The van der Waals surface area contributed by atoms with Gasteiger partial charge in [0.25, 0.3) is 0 Å². The summed E-state index contributed by atoms with van der Waals surface area (Å²) in [7, 11) is -31.1.